The van der Waals surface area contributed by atoms with Gasteiger partial charge in [-0.2, -0.15) is 4.31 Å². The summed E-state index contributed by atoms with van der Waals surface area (Å²) in [6, 6.07) is 4.34. The number of ether oxygens (including phenoxy) is 1. The van der Waals surface area contributed by atoms with Gasteiger partial charge in [-0.3, -0.25) is 4.79 Å². The van der Waals surface area contributed by atoms with Crippen molar-refractivity contribution in [3.05, 3.63) is 29.3 Å². The van der Waals surface area contributed by atoms with E-state index in [-0.39, 0.29) is 10.5 Å². The molecule has 8 heteroatoms. The van der Waals surface area contributed by atoms with Crippen molar-refractivity contribution in [3.63, 3.8) is 0 Å². The molecule has 0 aliphatic heterocycles. The number of nitrogens with one attached hydrogen (secondary N) is 1. The smallest absolute Gasteiger partial charge is 0.338 e. The fourth-order valence-electron chi connectivity index (χ4n) is 2.38. The number of esters is 1. The van der Waals surface area contributed by atoms with E-state index in [0.29, 0.717) is 18.7 Å². The van der Waals surface area contributed by atoms with E-state index < -0.39 is 34.0 Å². The number of hydrogen-bond donors (Lipinski definition) is 1. The quantitative estimate of drug-likeness (QED) is 0.727. The number of nitrogens with zero attached hydrogens (tertiary/aromatic N) is 1. The summed E-state index contributed by atoms with van der Waals surface area (Å²) in [6.07, 6.45) is 0. The highest BCUT2D eigenvalue weighted by molar-refractivity contribution is 7.89. The van der Waals surface area contributed by atoms with Crippen LogP contribution < -0.4 is 5.32 Å². The summed E-state index contributed by atoms with van der Waals surface area (Å²) >= 11 is 0. The van der Waals surface area contributed by atoms with Gasteiger partial charge < -0.3 is 10.1 Å². The van der Waals surface area contributed by atoms with Crippen LogP contribution in [0.1, 0.15) is 50.5 Å². The van der Waals surface area contributed by atoms with Crippen molar-refractivity contribution < 1.29 is 22.7 Å². The first-order valence-corrected chi connectivity index (χ1v) is 9.95. The van der Waals surface area contributed by atoms with Gasteiger partial charge in [0.05, 0.1) is 10.5 Å². The molecule has 0 aliphatic carbocycles. The fraction of sp³-hybridized carbons (Fsp3) is 0.556. The van der Waals surface area contributed by atoms with Gasteiger partial charge in [-0.1, -0.05) is 19.9 Å². The number of carbonyl (C=O) groups is 2. The van der Waals surface area contributed by atoms with Crippen LogP contribution in [0.2, 0.25) is 0 Å². The molecule has 1 aromatic carbocycles. The van der Waals surface area contributed by atoms with Gasteiger partial charge in [-0.15, -0.1) is 0 Å². The lowest BCUT2D eigenvalue weighted by Crippen LogP contribution is -2.42. The van der Waals surface area contributed by atoms with Gasteiger partial charge in [-0.25, -0.2) is 13.2 Å². The predicted molar refractivity (Wildman–Crippen MR) is 99.5 cm³/mol. The van der Waals surface area contributed by atoms with Crippen LogP contribution in [-0.2, 0) is 19.6 Å². The number of amides is 1. The van der Waals surface area contributed by atoms with Crippen molar-refractivity contribution >= 4 is 21.9 Å². The Morgan fingerprint density at radius 2 is 1.73 bits per heavy atom. The van der Waals surface area contributed by atoms with E-state index in [9.17, 15) is 18.0 Å². The van der Waals surface area contributed by atoms with Crippen LogP contribution in [0, 0.1) is 6.92 Å². The van der Waals surface area contributed by atoms with Crippen LogP contribution in [0.15, 0.2) is 23.1 Å². The molecule has 1 N–H and O–H groups in total. The zero-order valence-electron chi connectivity index (χ0n) is 16.3. The second-order valence-electron chi connectivity index (χ2n) is 6.94. The van der Waals surface area contributed by atoms with E-state index in [1.165, 1.54) is 16.4 Å². The van der Waals surface area contributed by atoms with Crippen LogP contribution in [-0.4, -0.2) is 49.8 Å². The average Bonchev–Trinajstić information content (AvgIpc) is 2.52. The third kappa shape index (κ3) is 5.81. The molecule has 0 aromatic heterocycles. The van der Waals surface area contributed by atoms with Crippen molar-refractivity contribution in [2.45, 2.75) is 52.0 Å². The third-order valence-corrected chi connectivity index (χ3v) is 5.79. The molecule has 1 aromatic rings. The van der Waals surface area contributed by atoms with Crippen LogP contribution in [0.3, 0.4) is 0 Å². The number of hydrogen-bond acceptors (Lipinski definition) is 5. The highest BCUT2D eigenvalue weighted by Crippen LogP contribution is 2.21. The molecule has 0 saturated carbocycles. The zero-order chi connectivity index (χ0) is 20.1. The maximum absolute atomic E-state index is 12.7. The second-order valence-corrected chi connectivity index (χ2v) is 8.85. The van der Waals surface area contributed by atoms with Gasteiger partial charge in [0.25, 0.3) is 5.91 Å². The molecular weight excluding hydrogens is 356 g/mol. The highest BCUT2D eigenvalue weighted by atomic mass is 32.2. The first-order valence-electron chi connectivity index (χ1n) is 8.51. The first kappa shape index (κ1) is 22.1. The van der Waals surface area contributed by atoms with Crippen molar-refractivity contribution in [3.8, 4) is 0 Å². The van der Waals surface area contributed by atoms with E-state index in [2.05, 4.69) is 5.32 Å². The predicted octanol–water partition coefficient (Wildman–Crippen LogP) is 2.10. The van der Waals surface area contributed by atoms with Crippen molar-refractivity contribution in [2.24, 2.45) is 0 Å². The SMILES string of the molecule is CCN(CC)S(=O)(=O)c1cc(C(=O)OCC(=O)NC(C)(C)C)ccc1C. The fourth-order valence-corrected chi connectivity index (χ4v) is 4.09. The number of rotatable bonds is 7. The summed E-state index contributed by atoms with van der Waals surface area (Å²) in [5.41, 5.74) is 0.196. The molecule has 0 bridgehead atoms. The van der Waals surface area contributed by atoms with Gasteiger partial charge in [0.15, 0.2) is 6.61 Å². The van der Waals surface area contributed by atoms with E-state index >= 15 is 0 Å². The lowest BCUT2D eigenvalue weighted by molar-refractivity contribution is -0.125. The lowest BCUT2D eigenvalue weighted by Gasteiger charge is -2.21. The largest absolute Gasteiger partial charge is 0.452 e. The number of carbonyl (C=O) groups excluding carboxylic acids is 2. The monoisotopic (exact) mass is 384 g/mol. The Balaban J connectivity index is 2.99. The van der Waals surface area contributed by atoms with Gasteiger partial charge >= 0.3 is 5.97 Å². The molecule has 0 aliphatic rings. The molecule has 0 atom stereocenters. The third-order valence-electron chi connectivity index (χ3n) is 3.60. The van der Waals surface area contributed by atoms with Crippen molar-refractivity contribution in [1.29, 1.82) is 0 Å². The molecule has 0 saturated heterocycles. The van der Waals surface area contributed by atoms with E-state index in [1.807, 2.05) is 20.8 Å². The Kier molecular flexibility index (Phi) is 7.35. The Bertz CT molecular complexity index is 762. The van der Waals surface area contributed by atoms with Crippen LogP contribution >= 0.6 is 0 Å². The molecule has 7 nitrogen and oxygen atoms in total. The molecule has 0 spiro atoms. The zero-order valence-corrected chi connectivity index (χ0v) is 17.1. The summed E-state index contributed by atoms with van der Waals surface area (Å²) < 4.78 is 31.8. The summed E-state index contributed by atoms with van der Waals surface area (Å²) in [4.78, 5) is 24.0. The molecule has 0 unspecified atom stereocenters. The molecule has 0 fully saturated rings. The van der Waals surface area contributed by atoms with Crippen LogP contribution in [0.4, 0.5) is 0 Å². The summed E-state index contributed by atoms with van der Waals surface area (Å²) in [5, 5.41) is 2.68. The maximum atomic E-state index is 12.7. The normalized spacial score (nSPS) is 12.1. The van der Waals surface area contributed by atoms with E-state index in [1.54, 1.807) is 26.8 Å². The van der Waals surface area contributed by atoms with Gasteiger partial charge in [-0.05, 0) is 45.4 Å². The average molecular weight is 384 g/mol. The molecule has 0 radical (unpaired) electrons. The van der Waals surface area contributed by atoms with Crippen LogP contribution in [0.25, 0.3) is 0 Å². The number of benzene rings is 1. The van der Waals surface area contributed by atoms with Crippen molar-refractivity contribution in [2.75, 3.05) is 19.7 Å². The second kappa shape index (κ2) is 8.64. The minimum absolute atomic E-state index is 0.0646. The first-order chi connectivity index (χ1) is 11.9. The lowest BCUT2D eigenvalue weighted by atomic mass is 10.1. The molecule has 1 amide bonds. The Morgan fingerprint density at radius 1 is 1.15 bits per heavy atom. The molecule has 146 valence electrons. The van der Waals surface area contributed by atoms with E-state index in [4.69, 9.17) is 4.74 Å². The van der Waals surface area contributed by atoms with Gasteiger partial charge in [0, 0.05) is 18.6 Å². The molecule has 26 heavy (non-hydrogen) atoms. The Morgan fingerprint density at radius 3 is 2.23 bits per heavy atom. The van der Waals surface area contributed by atoms with Gasteiger partial charge in [0.1, 0.15) is 0 Å². The maximum Gasteiger partial charge on any atom is 0.338 e. The number of aryl methyl sites for hydroxylation is 1. The summed E-state index contributed by atoms with van der Waals surface area (Å²) in [6.45, 7) is 10.9. The topological polar surface area (TPSA) is 92.8 Å². The molecule has 0 heterocycles. The number of sulfonamides is 1. The minimum Gasteiger partial charge on any atom is -0.452 e. The molecule has 1 rings (SSSR count). The highest BCUT2D eigenvalue weighted by Gasteiger charge is 2.25. The standard InChI is InChI=1S/C18H28N2O5S/c1-7-20(8-2)26(23,24)15-11-14(10-9-13(15)3)17(22)25-12-16(21)19-18(4,5)6/h9-11H,7-8,12H2,1-6H3,(H,19,21). The Labute approximate surface area is 155 Å². The van der Waals surface area contributed by atoms with Gasteiger partial charge in [0.2, 0.25) is 10.0 Å². The Hall–Kier alpha value is -1.93. The van der Waals surface area contributed by atoms with Crippen LogP contribution in [0.5, 0.6) is 0 Å². The van der Waals surface area contributed by atoms with Crippen molar-refractivity contribution in [1.82, 2.24) is 9.62 Å². The summed E-state index contributed by atoms with van der Waals surface area (Å²) in [7, 11) is -3.70. The molecular formula is C18H28N2O5S. The van der Waals surface area contributed by atoms with E-state index in [0.717, 1.165) is 0 Å². The minimum atomic E-state index is -3.70. The summed E-state index contributed by atoms with van der Waals surface area (Å²) in [5.74, 6) is -1.17.